The van der Waals surface area contributed by atoms with E-state index in [1.54, 1.807) is 42.5 Å². The summed E-state index contributed by atoms with van der Waals surface area (Å²) in [4.78, 5) is 12.5. The maximum atomic E-state index is 12.5. The van der Waals surface area contributed by atoms with E-state index >= 15 is 0 Å². The summed E-state index contributed by atoms with van der Waals surface area (Å²) < 4.78 is 5.70. The number of nitrogens with two attached hydrogens (primary N) is 1. The number of para-hydroxylation sites is 1. The van der Waals surface area contributed by atoms with Crippen LogP contribution in [0, 0.1) is 0 Å². The SMILES string of the molecule is Nc1ccc(C(=O)c2ccc(Oc3ccccc3)cc2)c(Cl)c1. The monoisotopic (exact) mass is 323 g/mol. The Morgan fingerprint density at radius 3 is 2.17 bits per heavy atom. The van der Waals surface area contributed by atoms with Crippen molar-refractivity contribution >= 4 is 23.1 Å². The minimum Gasteiger partial charge on any atom is -0.457 e. The van der Waals surface area contributed by atoms with Crippen LogP contribution in [0.4, 0.5) is 5.69 Å². The summed E-state index contributed by atoms with van der Waals surface area (Å²) >= 11 is 6.09. The molecule has 3 nitrogen and oxygen atoms in total. The standard InChI is InChI=1S/C19H14ClNO2/c20-18-12-14(21)8-11-17(18)19(22)13-6-9-16(10-7-13)23-15-4-2-1-3-5-15/h1-12H,21H2. The predicted octanol–water partition coefficient (Wildman–Crippen LogP) is 4.95. The van der Waals surface area contributed by atoms with Gasteiger partial charge in [0.2, 0.25) is 0 Å². The third kappa shape index (κ3) is 3.52. The molecule has 23 heavy (non-hydrogen) atoms. The number of ketones is 1. The molecule has 114 valence electrons. The molecule has 0 fully saturated rings. The molecule has 0 radical (unpaired) electrons. The van der Waals surface area contributed by atoms with Crippen LogP contribution < -0.4 is 10.5 Å². The fourth-order valence-electron chi connectivity index (χ4n) is 2.17. The Bertz CT molecular complexity index is 830. The van der Waals surface area contributed by atoms with Crippen molar-refractivity contribution in [2.24, 2.45) is 0 Å². The first-order valence-corrected chi connectivity index (χ1v) is 7.44. The van der Waals surface area contributed by atoms with Crippen LogP contribution in [0.3, 0.4) is 0 Å². The molecule has 2 N–H and O–H groups in total. The molecule has 0 aromatic heterocycles. The third-order valence-electron chi connectivity index (χ3n) is 3.33. The van der Waals surface area contributed by atoms with Crippen LogP contribution in [0.5, 0.6) is 11.5 Å². The van der Waals surface area contributed by atoms with Gasteiger partial charge < -0.3 is 10.5 Å². The summed E-state index contributed by atoms with van der Waals surface area (Å²) in [6.07, 6.45) is 0. The van der Waals surface area contributed by atoms with Crippen molar-refractivity contribution in [1.82, 2.24) is 0 Å². The van der Waals surface area contributed by atoms with Crippen molar-refractivity contribution in [1.29, 1.82) is 0 Å². The van der Waals surface area contributed by atoms with Crippen LogP contribution in [0.15, 0.2) is 72.8 Å². The fourth-order valence-corrected chi connectivity index (χ4v) is 2.44. The first-order chi connectivity index (χ1) is 11.1. The molecule has 0 atom stereocenters. The highest BCUT2D eigenvalue weighted by Crippen LogP contribution is 2.25. The van der Waals surface area contributed by atoms with E-state index in [0.29, 0.717) is 27.6 Å². The molecule has 4 heteroatoms. The molecule has 0 saturated heterocycles. The van der Waals surface area contributed by atoms with Gasteiger partial charge in [0.05, 0.1) is 5.02 Å². The topological polar surface area (TPSA) is 52.3 Å². The summed E-state index contributed by atoms with van der Waals surface area (Å²) in [6.45, 7) is 0. The average molecular weight is 324 g/mol. The van der Waals surface area contributed by atoms with Crippen molar-refractivity contribution in [3.63, 3.8) is 0 Å². The molecule has 0 bridgehead atoms. The Kier molecular flexibility index (Phi) is 4.31. The van der Waals surface area contributed by atoms with Crippen molar-refractivity contribution in [2.45, 2.75) is 0 Å². The number of carbonyl (C=O) groups is 1. The van der Waals surface area contributed by atoms with Crippen LogP contribution in [0.1, 0.15) is 15.9 Å². The van der Waals surface area contributed by atoms with Gasteiger partial charge in [0.1, 0.15) is 11.5 Å². The molecule has 0 saturated carbocycles. The molecule has 0 aliphatic carbocycles. The summed E-state index contributed by atoms with van der Waals surface area (Å²) in [6, 6.07) is 21.3. The molecule has 3 rings (SSSR count). The number of rotatable bonds is 4. The molecule has 0 amide bonds. The lowest BCUT2D eigenvalue weighted by Crippen LogP contribution is -2.02. The van der Waals surface area contributed by atoms with Crippen LogP contribution >= 0.6 is 11.6 Å². The van der Waals surface area contributed by atoms with Gasteiger partial charge in [-0.25, -0.2) is 0 Å². The van der Waals surface area contributed by atoms with E-state index in [1.807, 2.05) is 30.3 Å². The first kappa shape index (κ1) is 15.1. The molecule has 3 aromatic rings. The van der Waals surface area contributed by atoms with Gasteiger partial charge in [0.15, 0.2) is 5.78 Å². The number of hydrogen-bond acceptors (Lipinski definition) is 3. The lowest BCUT2D eigenvalue weighted by atomic mass is 10.0. The smallest absolute Gasteiger partial charge is 0.194 e. The van der Waals surface area contributed by atoms with Crippen LogP contribution in [0.25, 0.3) is 0 Å². The molecule has 0 aliphatic heterocycles. The lowest BCUT2D eigenvalue weighted by molar-refractivity contribution is 0.103. The average Bonchev–Trinajstić information content (AvgIpc) is 2.56. The molecule has 0 aliphatic rings. The number of halogens is 1. The minimum atomic E-state index is -0.152. The predicted molar refractivity (Wildman–Crippen MR) is 92.3 cm³/mol. The van der Waals surface area contributed by atoms with Gasteiger partial charge in [-0.3, -0.25) is 4.79 Å². The van der Waals surface area contributed by atoms with Crippen LogP contribution in [0.2, 0.25) is 5.02 Å². The molecular formula is C19H14ClNO2. The van der Waals surface area contributed by atoms with E-state index in [4.69, 9.17) is 22.1 Å². The van der Waals surface area contributed by atoms with Gasteiger partial charge in [-0.2, -0.15) is 0 Å². The normalized spacial score (nSPS) is 10.3. The van der Waals surface area contributed by atoms with E-state index in [1.165, 1.54) is 0 Å². The molecular weight excluding hydrogens is 310 g/mol. The number of benzene rings is 3. The number of anilines is 1. The zero-order chi connectivity index (χ0) is 16.2. The highest BCUT2D eigenvalue weighted by molar-refractivity contribution is 6.35. The Hall–Kier alpha value is -2.78. The van der Waals surface area contributed by atoms with Gasteiger partial charge in [-0.15, -0.1) is 0 Å². The fraction of sp³-hybridized carbons (Fsp3) is 0. The van der Waals surface area contributed by atoms with Crippen LogP contribution in [-0.4, -0.2) is 5.78 Å². The summed E-state index contributed by atoms with van der Waals surface area (Å²) in [7, 11) is 0. The second kappa shape index (κ2) is 6.55. The zero-order valence-electron chi connectivity index (χ0n) is 12.2. The van der Waals surface area contributed by atoms with Crippen molar-refractivity contribution in [3.8, 4) is 11.5 Å². The minimum absolute atomic E-state index is 0.152. The Morgan fingerprint density at radius 1 is 0.870 bits per heavy atom. The number of carbonyl (C=O) groups excluding carboxylic acids is 1. The van der Waals surface area contributed by atoms with Gasteiger partial charge in [-0.1, -0.05) is 29.8 Å². The van der Waals surface area contributed by atoms with Crippen molar-refractivity contribution < 1.29 is 9.53 Å². The lowest BCUT2D eigenvalue weighted by Gasteiger charge is -2.07. The van der Waals surface area contributed by atoms with Gasteiger partial charge in [0.25, 0.3) is 0 Å². The quantitative estimate of drug-likeness (QED) is 0.546. The maximum Gasteiger partial charge on any atom is 0.194 e. The second-order valence-corrected chi connectivity index (χ2v) is 5.42. The largest absolute Gasteiger partial charge is 0.457 e. The van der Waals surface area contributed by atoms with E-state index in [-0.39, 0.29) is 5.78 Å². The molecule has 0 spiro atoms. The Balaban J connectivity index is 1.80. The van der Waals surface area contributed by atoms with E-state index in [9.17, 15) is 4.79 Å². The number of hydrogen-bond donors (Lipinski definition) is 1. The van der Waals surface area contributed by atoms with Crippen LogP contribution in [-0.2, 0) is 0 Å². The van der Waals surface area contributed by atoms with Gasteiger partial charge in [0, 0.05) is 16.8 Å². The number of ether oxygens (including phenoxy) is 1. The summed E-state index contributed by atoms with van der Waals surface area (Å²) in [5, 5.41) is 0.347. The summed E-state index contributed by atoms with van der Waals surface area (Å²) in [5.41, 5.74) is 7.14. The van der Waals surface area contributed by atoms with Crippen molar-refractivity contribution in [3.05, 3.63) is 88.9 Å². The van der Waals surface area contributed by atoms with E-state index in [2.05, 4.69) is 0 Å². The van der Waals surface area contributed by atoms with Crippen molar-refractivity contribution in [2.75, 3.05) is 5.73 Å². The summed E-state index contributed by atoms with van der Waals surface area (Å²) in [5.74, 6) is 1.26. The van der Waals surface area contributed by atoms with Gasteiger partial charge in [-0.05, 0) is 54.6 Å². The molecule has 0 heterocycles. The highest BCUT2D eigenvalue weighted by Gasteiger charge is 2.13. The Labute approximate surface area is 139 Å². The van der Waals surface area contributed by atoms with E-state index in [0.717, 1.165) is 5.75 Å². The second-order valence-electron chi connectivity index (χ2n) is 5.01. The molecule has 0 unspecified atom stereocenters. The van der Waals surface area contributed by atoms with E-state index < -0.39 is 0 Å². The Morgan fingerprint density at radius 2 is 1.52 bits per heavy atom. The number of nitrogen functional groups attached to an aromatic ring is 1. The maximum absolute atomic E-state index is 12.5. The zero-order valence-corrected chi connectivity index (χ0v) is 13.0. The highest BCUT2D eigenvalue weighted by atomic mass is 35.5. The molecule has 3 aromatic carbocycles. The first-order valence-electron chi connectivity index (χ1n) is 7.06. The third-order valence-corrected chi connectivity index (χ3v) is 3.65. The van der Waals surface area contributed by atoms with Gasteiger partial charge >= 0.3 is 0 Å².